The van der Waals surface area contributed by atoms with Crippen LogP contribution in [0.1, 0.15) is 11.5 Å². The van der Waals surface area contributed by atoms with Crippen molar-refractivity contribution in [1.82, 2.24) is 9.78 Å². The van der Waals surface area contributed by atoms with E-state index in [0.29, 0.717) is 17.3 Å². The van der Waals surface area contributed by atoms with E-state index in [9.17, 15) is 4.79 Å². The summed E-state index contributed by atoms with van der Waals surface area (Å²) in [7, 11) is 1.57. The highest BCUT2D eigenvalue weighted by Crippen LogP contribution is 2.18. The fourth-order valence-corrected chi connectivity index (χ4v) is 2.60. The Morgan fingerprint density at radius 1 is 1.26 bits per heavy atom. The van der Waals surface area contributed by atoms with Gasteiger partial charge in [-0.3, -0.25) is 4.79 Å². The number of carbonyl (C=O) groups excluding carboxylic acids is 1. The second-order valence-electron chi connectivity index (χ2n) is 5.75. The number of hydrogen-bond donors (Lipinski definition) is 1. The number of methoxy groups -OCH3 is 1. The Morgan fingerprint density at radius 2 is 2.07 bits per heavy atom. The van der Waals surface area contributed by atoms with Gasteiger partial charge in [0.15, 0.2) is 6.61 Å². The molecule has 1 aromatic heterocycles. The Balaban J connectivity index is 1.61. The number of nitrogens with one attached hydrogen (secondary N) is 1. The molecule has 0 radical (unpaired) electrons. The number of aryl methyl sites for hydroxylation is 1. The van der Waals surface area contributed by atoms with E-state index in [2.05, 4.69) is 10.4 Å². The van der Waals surface area contributed by atoms with E-state index in [-0.39, 0.29) is 23.9 Å². The third-order valence-electron chi connectivity index (χ3n) is 3.74. The van der Waals surface area contributed by atoms with Gasteiger partial charge >= 0.3 is 0 Å². The highest BCUT2D eigenvalue weighted by Gasteiger charge is 2.11. The van der Waals surface area contributed by atoms with Gasteiger partial charge in [-0.1, -0.05) is 24.3 Å². The molecule has 0 aliphatic carbocycles. The fourth-order valence-electron chi connectivity index (χ4n) is 2.40. The number of anilines is 1. The predicted molar refractivity (Wildman–Crippen MR) is 102 cm³/mol. The molecular weight excluding hydrogens is 366 g/mol. The zero-order chi connectivity index (χ0) is 19.2. The molecular formula is C19H19N3O4S. The van der Waals surface area contributed by atoms with Gasteiger partial charge in [0.1, 0.15) is 18.0 Å². The zero-order valence-corrected chi connectivity index (χ0v) is 15.8. The van der Waals surface area contributed by atoms with Crippen LogP contribution in [0, 0.1) is 11.8 Å². The summed E-state index contributed by atoms with van der Waals surface area (Å²) >= 11 is 5.13. The van der Waals surface area contributed by atoms with Crippen LogP contribution in [0.2, 0.25) is 0 Å². The molecule has 0 saturated heterocycles. The zero-order valence-electron chi connectivity index (χ0n) is 15.0. The van der Waals surface area contributed by atoms with Crippen LogP contribution in [0.4, 0.5) is 5.69 Å². The van der Waals surface area contributed by atoms with E-state index in [4.69, 9.17) is 26.1 Å². The second kappa shape index (κ2) is 8.50. The van der Waals surface area contributed by atoms with Gasteiger partial charge < -0.3 is 19.2 Å². The first-order valence-corrected chi connectivity index (χ1v) is 8.65. The smallest absolute Gasteiger partial charge is 0.287 e. The molecule has 140 valence electrons. The van der Waals surface area contributed by atoms with Crippen molar-refractivity contribution in [1.29, 1.82) is 0 Å². The van der Waals surface area contributed by atoms with Crippen molar-refractivity contribution in [2.24, 2.45) is 0 Å². The molecule has 27 heavy (non-hydrogen) atoms. The summed E-state index contributed by atoms with van der Waals surface area (Å²) < 4.78 is 17.5. The fraction of sp³-hybridized carbons (Fsp3) is 0.211. The van der Waals surface area contributed by atoms with Gasteiger partial charge in [-0.25, -0.2) is 4.68 Å². The van der Waals surface area contributed by atoms with E-state index in [1.54, 1.807) is 31.4 Å². The Bertz CT molecular complexity index is 996. The van der Waals surface area contributed by atoms with Crippen LogP contribution < -0.4 is 14.8 Å². The maximum atomic E-state index is 12.2. The molecule has 0 fully saturated rings. The largest absolute Gasteiger partial charge is 0.497 e. The lowest BCUT2D eigenvalue weighted by Crippen LogP contribution is -2.19. The number of hydrogen-bond acceptors (Lipinski definition) is 6. The standard InChI is InChI=1S/C19H19N3O4S/c1-13-6-3-4-9-16(13)25-12-18-21-22(19(27)26-18)11-17(23)20-14-7-5-8-15(10-14)24-2/h3-10H,11-12H2,1-2H3,(H,20,23). The SMILES string of the molecule is COc1cccc(NC(=O)Cn2nc(COc3ccccc3C)oc2=S)c1. The molecule has 0 bridgehead atoms. The van der Waals surface area contributed by atoms with Crippen LogP contribution in [-0.2, 0) is 17.9 Å². The predicted octanol–water partition coefficient (Wildman–Crippen LogP) is 3.74. The monoisotopic (exact) mass is 385 g/mol. The molecule has 3 rings (SSSR count). The number of para-hydroxylation sites is 1. The number of rotatable bonds is 7. The molecule has 1 N–H and O–H groups in total. The van der Waals surface area contributed by atoms with E-state index in [1.807, 2.05) is 31.2 Å². The van der Waals surface area contributed by atoms with Crippen LogP contribution in [0.15, 0.2) is 52.9 Å². The van der Waals surface area contributed by atoms with Crippen molar-refractivity contribution in [2.45, 2.75) is 20.1 Å². The van der Waals surface area contributed by atoms with Crippen LogP contribution in [0.3, 0.4) is 0 Å². The lowest BCUT2D eigenvalue weighted by atomic mass is 10.2. The van der Waals surface area contributed by atoms with E-state index in [0.717, 1.165) is 11.3 Å². The number of amides is 1. The average Bonchev–Trinajstić information content (AvgIpc) is 3.00. The van der Waals surface area contributed by atoms with Gasteiger partial charge in [0.05, 0.1) is 7.11 Å². The van der Waals surface area contributed by atoms with Crippen LogP contribution in [0.25, 0.3) is 0 Å². The van der Waals surface area contributed by atoms with Gasteiger partial charge in [-0.15, -0.1) is 5.10 Å². The second-order valence-corrected chi connectivity index (χ2v) is 6.10. The summed E-state index contributed by atoms with van der Waals surface area (Å²) in [5.41, 5.74) is 1.63. The number of aromatic nitrogens is 2. The van der Waals surface area contributed by atoms with Crippen molar-refractivity contribution in [3.05, 3.63) is 64.8 Å². The molecule has 0 aliphatic heterocycles. The van der Waals surface area contributed by atoms with Crippen molar-refractivity contribution in [3.8, 4) is 11.5 Å². The molecule has 8 heteroatoms. The lowest BCUT2D eigenvalue weighted by Gasteiger charge is -2.07. The minimum absolute atomic E-state index is 0.0656. The molecule has 0 saturated carbocycles. The summed E-state index contributed by atoms with van der Waals surface area (Å²) in [4.78, 5) is 12.3. The van der Waals surface area contributed by atoms with Gasteiger partial charge in [0, 0.05) is 11.8 Å². The first-order chi connectivity index (χ1) is 13.0. The Hall–Kier alpha value is -3.13. The summed E-state index contributed by atoms with van der Waals surface area (Å²) in [6.45, 7) is 2.01. The van der Waals surface area contributed by atoms with E-state index < -0.39 is 0 Å². The minimum atomic E-state index is -0.279. The number of carbonyl (C=O) groups is 1. The van der Waals surface area contributed by atoms with E-state index in [1.165, 1.54) is 4.68 Å². The quantitative estimate of drug-likeness (QED) is 0.624. The third-order valence-corrected chi connectivity index (χ3v) is 4.03. The summed E-state index contributed by atoms with van der Waals surface area (Å²) in [5.74, 6) is 1.42. The van der Waals surface area contributed by atoms with Crippen molar-refractivity contribution in [2.75, 3.05) is 12.4 Å². The molecule has 0 aliphatic rings. The van der Waals surface area contributed by atoms with Crippen LogP contribution in [0.5, 0.6) is 11.5 Å². The van der Waals surface area contributed by atoms with Gasteiger partial charge in [-0.05, 0) is 42.9 Å². The number of benzene rings is 2. The molecule has 7 nitrogen and oxygen atoms in total. The normalized spacial score (nSPS) is 10.4. The molecule has 3 aromatic rings. The highest BCUT2D eigenvalue weighted by atomic mass is 32.1. The van der Waals surface area contributed by atoms with Gasteiger partial charge in [0.2, 0.25) is 5.91 Å². The highest BCUT2D eigenvalue weighted by molar-refractivity contribution is 7.71. The molecule has 2 aromatic carbocycles. The molecule has 1 heterocycles. The summed E-state index contributed by atoms with van der Waals surface area (Å²) in [5, 5.41) is 6.97. The Morgan fingerprint density at radius 3 is 2.85 bits per heavy atom. The maximum absolute atomic E-state index is 12.2. The molecule has 0 atom stereocenters. The Labute approximate surface area is 161 Å². The van der Waals surface area contributed by atoms with Gasteiger partial charge in [-0.2, -0.15) is 0 Å². The van der Waals surface area contributed by atoms with Crippen LogP contribution >= 0.6 is 12.2 Å². The van der Waals surface area contributed by atoms with E-state index >= 15 is 0 Å². The third kappa shape index (κ3) is 4.95. The summed E-state index contributed by atoms with van der Waals surface area (Å²) in [6, 6.07) is 14.7. The molecule has 0 unspecified atom stereocenters. The van der Waals surface area contributed by atoms with Crippen molar-refractivity contribution >= 4 is 23.8 Å². The first kappa shape index (κ1) is 18.7. The maximum Gasteiger partial charge on any atom is 0.287 e. The topological polar surface area (TPSA) is 78.5 Å². The Kier molecular flexibility index (Phi) is 5.87. The molecule has 1 amide bonds. The first-order valence-electron chi connectivity index (χ1n) is 8.24. The number of ether oxygens (including phenoxy) is 2. The van der Waals surface area contributed by atoms with Crippen LogP contribution in [-0.4, -0.2) is 22.8 Å². The average molecular weight is 385 g/mol. The lowest BCUT2D eigenvalue weighted by molar-refractivity contribution is -0.117. The van der Waals surface area contributed by atoms with Crippen molar-refractivity contribution in [3.63, 3.8) is 0 Å². The van der Waals surface area contributed by atoms with Crippen molar-refractivity contribution < 1.29 is 18.7 Å². The minimum Gasteiger partial charge on any atom is -0.497 e. The summed E-state index contributed by atoms with van der Waals surface area (Å²) in [6.07, 6.45) is 0. The number of nitrogens with zero attached hydrogens (tertiary/aromatic N) is 2. The molecule has 0 spiro atoms. The van der Waals surface area contributed by atoms with Gasteiger partial charge in [0.25, 0.3) is 10.7 Å².